The lowest BCUT2D eigenvalue weighted by Crippen LogP contribution is -2.07. The van der Waals surface area contributed by atoms with Crippen LogP contribution in [0.1, 0.15) is 0 Å². The number of rotatable bonds is 4. The van der Waals surface area contributed by atoms with E-state index in [1.165, 1.54) is 36.3 Å². The maximum Gasteiger partial charge on any atom is 0.238 e. The van der Waals surface area contributed by atoms with Crippen LogP contribution in [0.4, 0.5) is 0 Å². The normalized spacial score (nSPS) is 12.2. The summed E-state index contributed by atoms with van der Waals surface area (Å²) < 4.78 is 13.8. The Labute approximate surface area is 357 Å². The highest BCUT2D eigenvalue weighted by Crippen LogP contribution is 2.43. The molecule has 0 unspecified atom stereocenters. The molecule has 0 bridgehead atoms. The van der Waals surface area contributed by atoms with Gasteiger partial charge in [0.05, 0.1) is 27.8 Å². The summed E-state index contributed by atoms with van der Waals surface area (Å²) in [5.41, 5.74) is 8.63. The second-order valence-electron chi connectivity index (χ2n) is 16.0. The zero-order valence-corrected chi connectivity index (χ0v) is 33.8. The second kappa shape index (κ2) is 12.7. The Hall–Kier alpha value is -8.13. The van der Waals surface area contributed by atoms with Gasteiger partial charge in [-0.1, -0.05) is 127 Å². The molecule has 0 amide bonds. The molecule has 0 radical (unpaired) electrons. The number of fused-ring (bicyclic) bond motifs is 13. The smallest absolute Gasteiger partial charge is 0.238 e. The third kappa shape index (κ3) is 4.76. The Morgan fingerprint density at radius 3 is 1.71 bits per heavy atom. The van der Waals surface area contributed by atoms with Crippen LogP contribution in [-0.4, -0.2) is 24.1 Å². The highest BCUT2D eigenvalue weighted by Gasteiger charge is 2.24. The predicted octanol–water partition coefficient (Wildman–Crippen LogP) is 14.8. The third-order valence-corrected chi connectivity index (χ3v) is 13.7. The van der Waals surface area contributed by atoms with Gasteiger partial charge in [-0.15, -0.1) is 11.3 Å². The monoisotopic (exact) mass is 809 g/mol. The number of benzene rings is 9. The Balaban J connectivity index is 1.13. The maximum absolute atomic E-state index is 6.79. The molecule has 7 heteroatoms. The molecule has 0 aliphatic heterocycles. The van der Waals surface area contributed by atoms with Crippen molar-refractivity contribution in [3.8, 4) is 34.4 Å². The highest BCUT2D eigenvalue weighted by molar-refractivity contribution is 7.25. The summed E-state index contributed by atoms with van der Waals surface area (Å²) in [4.78, 5) is 16.5. The van der Waals surface area contributed by atoms with Crippen LogP contribution in [0.15, 0.2) is 192 Å². The molecule has 5 heterocycles. The van der Waals surface area contributed by atoms with Crippen LogP contribution in [0.2, 0.25) is 0 Å². The molecule has 9 aromatic carbocycles. The molecule has 288 valence electrons. The van der Waals surface area contributed by atoms with E-state index in [4.69, 9.17) is 19.4 Å². The highest BCUT2D eigenvalue weighted by atomic mass is 32.1. The van der Waals surface area contributed by atoms with Gasteiger partial charge in [0.1, 0.15) is 11.2 Å². The lowest BCUT2D eigenvalue weighted by atomic mass is 10.0. The van der Waals surface area contributed by atoms with Crippen LogP contribution in [0.5, 0.6) is 0 Å². The lowest BCUT2D eigenvalue weighted by molar-refractivity contribution is 0.668. The van der Waals surface area contributed by atoms with Crippen LogP contribution >= 0.6 is 11.3 Å². The summed E-state index contributed by atoms with van der Waals surface area (Å²) >= 11 is 1.79. The van der Waals surface area contributed by atoms with Gasteiger partial charge in [0.15, 0.2) is 11.6 Å². The van der Waals surface area contributed by atoms with Crippen LogP contribution in [0, 0.1) is 0 Å². The van der Waals surface area contributed by atoms with E-state index < -0.39 is 0 Å². The van der Waals surface area contributed by atoms with Crippen molar-refractivity contribution < 1.29 is 4.42 Å². The van der Waals surface area contributed by atoms with E-state index in [9.17, 15) is 0 Å². The molecule has 0 aliphatic rings. The first-order valence-electron chi connectivity index (χ1n) is 20.8. The fraction of sp³-hybridized carbons (Fsp3) is 0. The molecule has 0 saturated heterocycles. The number of para-hydroxylation sites is 4. The molecule has 6 nitrogen and oxygen atoms in total. The van der Waals surface area contributed by atoms with Crippen molar-refractivity contribution in [2.75, 3.05) is 0 Å². The molecule has 14 aromatic rings. The lowest BCUT2D eigenvalue weighted by Gasteiger charge is -2.14. The van der Waals surface area contributed by atoms with Crippen molar-refractivity contribution in [2.45, 2.75) is 0 Å². The van der Waals surface area contributed by atoms with Crippen LogP contribution in [0.3, 0.4) is 0 Å². The molecule has 0 atom stereocenters. The minimum atomic E-state index is 0.550. The summed E-state index contributed by atoms with van der Waals surface area (Å²) in [6.45, 7) is 0. The molecule has 14 rings (SSSR count). The molecule has 62 heavy (non-hydrogen) atoms. The van der Waals surface area contributed by atoms with Gasteiger partial charge in [-0.25, -0.2) is 4.98 Å². The Kier molecular flexibility index (Phi) is 6.89. The van der Waals surface area contributed by atoms with Crippen molar-refractivity contribution >= 4 is 108 Å². The summed E-state index contributed by atoms with van der Waals surface area (Å²) in [6.07, 6.45) is 0. The first-order chi connectivity index (χ1) is 30.7. The van der Waals surface area contributed by atoms with Crippen LogP contribution in [-0.2, 0) is 0 Å². The number of hydrogen-bond donors (Lipinski definition) is 0. The van der Waals surface area contributed by atoms with E-state index in [0.717, 1.165) is 77.0 Å². The van der Waals surface area contributed by atoms with Crippen molar-refractivity contribution in [2.24, 2.45) is 0 Å². The van der Waals surface area contributed by atoms with E-state index in [0.29, 0.717) is 17.6 Å². The minimum absolute atomic E-state index is 0.550. The Morgan fingerprint density at radius 1 is 0.371 bits per heavy atom. The van der Waals surface area contributed by atoms with Crippen LogP contribution in [0.25, 0.3) is 131 Å². The third-order valence-electron chi connectivity index (χ3n) is 12.5. The van der Waals surface area contributed by atoms with Gasteiger partial charge >= 0.3 is 0 Å². The van der Waals surface area contributed by atoms with E-state index in [-0.39, 0.29) is 0 Å². The first-order valence-corrected chi connectivity index (χ1v) is 21.6. The van der Waals surface area contributed by atoms with Gasteiger partial charge in [0, 0.05) is 69.7 Å². The first kappa shape index (κ1) is 33.7. The molecule has 0 aliphatic carbocycles. The minimum Gasteiger partial charge on any atom is -0.456 e. The van der Waals surface area contributed by atoms with Crippen molar-refractivity contribution in [1.29, 1.82) is 0 Å². The van der Waals surface area contributed by atoms with E-state index in [2.05, 4.69) is 185 Å². The van der Waals surface area contributed by atoms with Gasteiger partial charge in [0.25, 0.3) is 0 Å². The SMILES string of the molecule is c1ccc2cc3c(cc2c1)c1ccccc1n3-c1cc(-c2nc(-c3cccc4sc5ccccc5c34)nc(-n3c4ccccc4c4ccccc43)n2)c2c(c1)oc1ccccc12. The van der Waals surface area contributed by atoms with Gasteiger partial charge in [-0.3, -0.25) is 4.57 Å². The quantitative estimate of drug-likeness (QED) is 0.178. The van der Waals surface area contributed by atoms with Crippen molar-refractivity contribution in [3.63, 3.8) is 0 Å². The van der Waals surface area contributed by atoms with Gasteiger partial charge in [-0.05, 0) is 65.4 Å². The zero-order valence-electron chi connectivity index (χ0n) is 33.0. The maximum atomic E-state index is 6.79. The van der Waals surface area contributed by atoms with Crippen LogP contribution < -0.4 is 0 Å². The van der Waals surface area contributed by atoms with Crippen molar-refractivity contribution in [1.82, 2.24) is 24.1 Å². The van der Waals surface area contributed by atoms with Gasteiger partial charge < -0.3 is 8.98 Å². The second-order valence-corrected chi connectivity index (χ2v) is 17.0. The van der Waals surface area contributed by atoms with E-state index in [1.807, 2.05) is 12.1 Å². The van der Waals surface area contributed by atoms with E-state index in [1.54, 1.807) is 11.3 Å². The number of hydrogen-bond acceptors (Lipinski definition) is 5. The van der Waals surface area contributed by atoms with Crippen molar-refractivity contribution in [3.05, 3.63) is 188 Å². The average molecular weight is 810 g/mol. The molecule has 0 N–H and O–H groups in total. The fourth-order valence-electron chi connectivity index (χ4n) is 9.88. The summed E-state index contributed by atoms with van der Waals surface area (Å²) in [5.74, 6) is 1.72. The summed E-state index contributed by atoms with van der Waals surface area (Å²) in [6, 6.07) is 66.6. The summed E-state index contributed by atoms with van der Waals surface area (Å²) in [5, 5.41) is 11.3. The molecular formula is C55H31N5OS. The van der Waals surface area contributed by atoms with E-state index >= 15 is 0 Å². The molecule has 0 fully saturated rings. The standard InChI is InChI=1S/C55H31N5OS/c1-2-15-33-29-46-41(28-32(33)14-1)37-18-5-8-22-43(37)59(46)34-30-42(51-38-19-6-11-25-47(38)61-48(51)31-34)54-56-53(40-21-13-27-50-52(40)39-20-7-12-26-49(39)62-50)57-55(58-54)60-44-23-9-3-16-35(44)36-17-4-10-24-45(36)60/h1-31H. The number of furan rings is 1. The largest absolute Gasteiger partial charge is 0.456 e. The Bertz CT molecular complexity index is 4130. The summed E-state index contributed by atoms with van der Waals surface area (Å²) in [7, 11) is 0. The zero-order chi connectivity index (χ0) is 40.5. The topological polar surface area (TPSA) is 61.7 Å². The van der Waals surface area contributed by atoms with Gasteiger partial charge in [-0.2, -0.15) is 9.97 Å². The molecule has 5 aromatic heterocycles. The number of thiophene rings is 1. The van der Waals surface area contributed by atoms with Gasteiger partial charge in [0.2, 0.25) is 5.95 Å². The molecule has 0 spiro atoms. The predicted molar refractivity (Wildman–Crippen MR) is 257 cm³/mol. The molecule has 0 saturated carbocycles. The fourth-order valence-corrected chi connectivity index (χ4v) is 11.0. The Morgan fingerprint density at radius 2 is 0.952 bits per heavy atom. The molecular weight excluding hydrogens is 779 g/mol. The average Bonchev–Trinajstić information content (AvgIpc) is 4.08. The number of aromatic nitrogens is 5. The number of nitrogens with zero attached hydrogens (tertiary/aromatic N) is 5.